The third kappa shape index (κ3) is 4.72. The monoisotopic (exact) mass is 442 g/mol. The van der Waals surface area contributed by atoms with E-state index < -0.39 is 10.0 Å². The first-order chi connectivity index (χ1) is 12.3. The van der Waals surface area contributed by atoms with E-state index in [1.54, 1.807) is 25.5 Å². The van der Waals surface area contributed by atoms with Gasteiger partial charge in [-0.25, -0.2) is 17.4 Å². The Morgan fingerprint density at radius 2 is 2.00 bits per heavy atom. The van der Waals surface area contributed by atoms with Crippen molar-refractivity contribution in [1.82, 2.24) is 19.4 Å². The summed E-state index contributed by atoms with van der Waals surface area (Å²) in [5.74, 6) is -0.460. The minimum absolute atomic E-state index is 0.0547. The summed E-state index contributed by atoms with van der Waals surface area (Å²) in [6.45, 7) is 6.28. The van der Waals surface area contributed by atoms with Gasteiger partial charge in [0.25, 0.3) is 5.91 Å². The molecule has 1 heterocycles. The lowest BCUT2D eigenvalue weighted by Crippen LogP contribution is -2.37. The Kier molecular flexibility index (Phi) is 6.96. The molecule has 0 unspecified atom stereocenters. The Bertz CT molecular complexity index is 876. The van der Waals surface area contributed by atoms with Gasteiger partial charge in [0.15, 0.2) is 0 Å². The lowest BCUT2D eigenvalue weighted by atomic mass is 10.2. The molecule has 1 aromatic heterocycles. The number of nitrogens with zero attached hydrogens (tertiary/aromatic N) is 3. The SMILES string of the molecule is CCN(CC)S(=O)(=O)CCNC(=O)c1cnn(-c2cccc(Br)c2)c1C. The van der Waals surface area contributed by atoms with Gasteiger partial charge in [0.1, 0.15) is 0 Å². The molecule has 1 N–H and O–H groups in total. The molecule has 142 valence electrons. The number of amides is 1. The molecular formula is C17H23BrN4O3S. The number of rotatable bonds is 8. The largest absolute Gasteiger partial charge is 0.351 e. The molecule has 0 aliphatic heterocycles. The summed E-state index contributed by atoms with van der Waals surface area (Å²) in [4.78, 5) is 12.4. The summed E-state index contributed by atoms with van der Waals surface area (Å²) in [6, 6.07) is 7.59. The van der Waals surface area contributed by atoms with Crippen molar-refractivity contribution in [3.05, 3.63) is 46.2 Å². The van der Waals surface area contributed by atoms with Gasteiger partial charge < -0.3 is 5.32 Å². The Hall–Kier alpha value is -1.71. The standard InChI is InChI=1S/C17H23BrN4O3S/c1-4-21(5-2)26(24,25)10-9-19-17(23)16-12-20-22(13(16)3)15-8-6-7-14(18)11-15/h6-8,11-12H,4-5,9-10H2,1-3H3,(H,19,23). The Balaban J connectivity index is 2.05. The van der Waals surface area contributed by atoms with E-state index in [0.29, 0.717) is 24.3 Å². The second-order valence-corrected chi connectivity index (χ2v) is 8.70. The van der Waals surface area contributed by atoms with Crippen LogP contribution in [0, 0.1) is 6.92 Å². The maximum absolute atomic E-state index is 12.4. The highest BCUT2D eigenvalue weighted by Crippen LogP contribution is 2.18. The summed E-state index contributed by atoms with van der Waals surface area (Å²) in [5.41, 5.74) is 1.94. The Morgan fingerprint density at radius 3 is 2.62 bits per heavy atom. The van der Waals surface area contributed by atoms with Gasteiger partial charge in [-0.15, -0.1) is 0 Å². The van der Waals surface area contributed by atoms with Crippen molar-refractivity contribution >= 4 is 31.9 Å². The van der Waals surface area contributed by atoms with Crippen LogP contribution in [0.4, 0.5) is 0 Å². The highest BCUT2D eigenvalue weighted by atomic mass is 79.9. The molecule has 26 heavy (non-hydrogen) atoms. The number of nitrogens with one attached hydrogen (secondary N) is 1. The maximum atomic E-state index is 12.4. The zero-order valence-electron chi connectivity index (χ0n) is 15.1. The first kappa shape index (κ1) is 20.6. The Labute approximate surface area is 162 Å². The molecule has 0 saturated carbocycles. The molecule has 0 aliphatic carbocycles. The average Bonchev–Trinajstić information content (AvgIpc) is 2.97. The second kappa shape index (κ2) is 8.79. The normalized spacial score (nSPS) is 11.7. The number of sulfonamides is 1. The number of carbonyl (C=O) groups is 1. The predicted octanol–water partition coefficient (Wildman–Crippen LogP) is 2.34. The predicted molar refractivity (Wildman–Crippen MR) is 105 cm³/mol. The molecule has 7 nitrogen and oxygen atoms in total. The highest BCUT2D eigenvalue weighted by molar-refractivity contribution is 9.10. The summed E-state index contributed by atoms with van der Waals surface area (Å²) in [6.07, 6.45) is 1.49. The number of carbonyl (C=O) groups excluding carboxylic acids is 1. The fourth-order valence-electron chi connectivity index (χ4n) is 2.64. The zero-order valence-corrected chi connectivity index (χ0v) is 17.5. The maximum Gasteiger partial charge on any atom is 0.254 e. The number of benzene rings is 1. The van der Waals surface area contributed by atoms with Gasteiger partial charge in [0, 0.05) is 24.1 Å². The van der Waals surface area contributed by atoms with Gasteiger partial charge in [0.2, 0.25) is 10.0 Å². The van der Waals surface area contributed by atoms with E-state index in [2.05, 4.69) is 26.3 Å². The number of aromatic nitrogens is 2. The van der Waals surface area contributed by atoms with E-state index in [-0.39, 0.29) is 18.2 Å². The fourth-order valence-corrected chi connectivity index (χ4v) is 4.43. The van der Waals surface area contributed by atoms with Crippen LogP contribution < -0.4 is 5.32 Å². The van der Waals surface area contributed by atoms with Gasteiger partial charge >= 0.3 is 0 Å². The molecule has 2 rings (SSSR count). The third-order valence-corrected chi connectivity index (χ3v) is 6.57. The first-order valence-electron chi connectivity index (χ1n) is 8.36. The smallest absolute Gasteiger partial charge is 0.254 e. The summed E-state index contributed by atoms with van der Waals surface area (Å²) >= 11 is 3.41. The van der Waals surface area contributed by atoms with Crippen molar-refractivity contribution in [2.75, 3.05) is 25.4 Å². The molecule has 0 spiro atoms. The molecule has 0 saturated heterocycles. The minimum atomic E-state index is -3.36. The van der Waals surface area contributed by atoms with Crippen LogP contribution in [0.15, 0.2) is 34.9 Å². The van der Waals surface area contributed by atoms with Crippen molar-refractivity contribution in [3.63, 3.8) is 0 Å². The van der Waals surface area contributed by atoms with Crippen LogP contribution in [-0.2, 0) is 10.0 Å². The van der Waals surface area contributed by atoms with Crippen LogP contribution in [0.1, 0.15) is 29.9 Å². The molecule has 0 aliphatic rings. The molecule has 1 amide bonds. The average molecular weight is 443 g/mol. The van der Waals surface area contributed by atoms with Gasteiger partial charge in [-0.2, -0.15) is 5.10 Å². The fraction of sp³-hybridized carbons (Fsp3) is 0.412. The first-order valence-corrected chi connectivity index (χ1v) is 10.8. The van der Waals surface area contributed by atoms with Crippen LogP contribution in [0.3, 0.4) is 0 Å². The van der Waals surface area contributed by atoms with Crippen molar-refractivity contribution in [2.45, 2.75) is 20.8 Å². The summed E-state index contributed by atoms with van der Waals surface area (Å²) in [7, 11) is -3.36. The molecule has 9 heteroatoms. The third-order valence-electron chi connectivity index (χ3n) is 4.05. The molecule has 0 bridgehead atoms. The van der Waals surface area contributed by atoms with Crippen molar-refractivity contribution in [2.24, 2.45) is 0 Å². The lowest BCUT2D eigenvalue weighted by Gasteiger charge is -2.18. The molecule has 0 radical (unpaired) electrons. The number of hydrogen-bond acceptors (Lipinski definition) is 4. The van der Waals surface area contributed by atoms with Gasteiger partial charge in [-0.05, 0) is 25.1 Å². The van der Waals surface area contributed by atoms with Crippen LogP contribution in [0.5, 0.6) is 0 Å². The summed E-state index contributed by atoms with van der Waals surface area (Å²) < 4.78 is 28.3. The minimum Gasteiger partial charge on any atom is -0.351 e. The van der Waals surface area contributed by atoms with Crippen LogP contribution in [0.2, 0.25) is 0 Å². The molecule has 1 aromatic carbocycles. The Morgan fingerprint density at radius 1 is 1.31 bits per heavy atom. The zero-order chi connectivity index (χ0) is 19.3. The second-order valence-electron chi connectivity index (χ2n) is 5.69. The van der Waals surface area contributed by atoms with Gasteiger partial charge in [-0.1, -0.05) is 35.8 Å². The van der Waals surface area contributed by atoms with Crippen molar-refractivity contribution in [1.29, 1.82) is 0 Å². The number of hydrogen-bond donors (Lipinski definition) is 1. The summed E-state index contributed by atoms with van der Waals surface area (Å²) in [5, 5.41) is 6.94. The number of halogens is 1. The quantitative estimate of drug-likeness (QED) is 0.679. The molecule has 0 fully saturated rings. The molecule has 2 aromatic rings. The molecule has 0 atom stereocenters. The van der Waals surface area contributed by atoms with Crippen LogP contribution >= 0.6 is 15.9 Å². The van der Waals surface area contributed by atoms with Crippen molar-refractivity contribution in [3.8, 4) is 5.69 Å². The lowest BCUT2D eigenvalue weighted by molar-refractivity contribution is 0.0955. The van der Waals surface area contributed by atoms with E-state index in [4.69, 9.17) is 0 Å². The van der Waals surface area contributed by atoms with Gasteiger partial charge in [-0.3, -0.25) is 4.79 Å². The van der Waals surface area contributed by atoms with E-state index in [1.165, 1.54) is 10.5 Å². The van der Waals surface area contributed by atoms with E-state index in [0.717, 1.165) is 10.2 Å². The topological polar surface area (TPSA) is 84.3 Å². The van der Waals surface area contributed by atoms with E-state index in [9.17, 15) is 13.2 Å². The van der Waals surface area contributed by atoms with E-state index >= 15 is 0 Å². The van der Waals surface area contributed by atoms with Gasteiger partial charge in [0.05, 0.1) is 28.9 Å². The molecular weight excluding hydrogens is 420 g/mol. The van der Waals surface area contributed by atoms with E-state index in [1.807, 2.05) is 24.3 Å². The van der Waals surface area contributed by atoms with Crippen LogP contribution in [-0.4, -0.2) is 53.8 Å². The highest BCUT2D eigenvalue weighted by Gasteiger charge is 2.20. The van der Waals surface area contributed by atoms with Crippen LogP contribution in [0.25, 0.3) is 5.69 Å². The van der Waals surface area contributed by atoms with Crippen molar-refractivity contribution < 1.29 is 13.2 Å².